The first-order chi connectivity index (χ1) is 15.6. The molecule has 0 saturated carbocycles. The lowest BCUT2D eigenvalue weighted by molar-refractivity contribution is 0.0958. The molecule has 2 aromatic carbocycles. The molecule has 1 aromatic heterocycles. The number of anilines is 1. The third kappa shape index (κ3) is 5.07. The number of carbonyl (C=O) groups excluding carboxylic acids is 1. The van der Waals surface area contributed by atoms with E-state index in [1.54, 1.807) is 24.3 Å². The number of rotatable bonds is 6. The van der Waals surface area contributed by atoms with Crippen LogP contribution in [0.1, 0.15) is 21.7 Å². The molecule has 8 heteroatoms. The number of nitriles is 1. The van der Waals surface area contributed by atoms with E-state index in [1.165, 1.54) is 6.20 Å². The van der Waals surface area contributed by atoms with Gasteiger partial charge in [0.1, 0.15) is 18.1 Å². The topological polar surface area (TPSA) is 91.1 Å². The fraction of sp³-hybridized carbons (Fsp3) is 0.250. The van der Waals surface area contributed by atoms with E-state index in [-0.39, 0.29) is 18.1 Å². The van der Waals surface area contributed by atoms with E-state index in [0.29, 0.717) is 23.4 Å². The molecule has 4 rings (SSSR count). The number of nitrogens with zero attached hydrogens (tertiary/aromatic N) is 4. The molecule has 1 saturated heterocycles. The summed E-state index contributed by atoms with van der Waals surface area (Å²) in [6, 6.07) is 16.5. The van der Waals surface area contributed by atoms with Crippen LogP contribution in [-0.4, -0.2) is 48.7 Å². The van der Waals surface area contributed by atoms with E-state index >= 15 is 0 Å². The van der Waals surface area contributed by atoms with Gasteiger partial charge < -0.3 is 15.0 Å². The van der Waals surface area contributed by atoms with Gasteiger partial charge in [-0.05, 0) is 29.8 Å². The Morgan fingerprint density at radius 1 is 1.12 bits per heavy atom. The van der Waals surface area contributed by atoms with E-state index in [9.17, 15) is 9.18 Å². The van der Waals surface area contributed by atoms with Crippen LogP contribution in [0.4, 0.5) is 10.1 Å². The fourth-order valence-electron chi connectivity index (χ4n) is 3.52. The van der Waals surface area contributed by atoms with Crippen LogP contribution in [0.5, 0.6) is 0 Å². The second-order valence-electron chi connectivity index (χ2n) is 7.34. The second-order valence-corrected chi connectivity index (χ2v) is 7.34. The molecular formula is C24H22FN5O2. The molecule has 2 heterocycles. The quantitative estimate of drug-likeness (QED) is 0.604. The molecule has 0 atom stereocenters. The lowest BCUT2D eigenvalue weighted by Crippen LogP contribution is -2.36. The van der Waals surface area contributed by atoms with Crippen molar-refractivity contribution in [3.63, 3.8) is 0 Å². The van der Waals surface area contributed by atoms with Crippen LogP contribution in [0.25, 0.3) is 11.3 Å². The Kier molecular flexibility index (Phi) is 6.68. The smallest absolute Gasteiger partial charge is 0.252 e. The Morgan fingerprint density at radius 2 is 1.84 bits per heavy atom. The highest BCUT2D eigenvalue weighted by Gasteiger charge is 2.13. The van der Waals surface area contributed by atoms with Gasteiger partial charge in [0.25, 0.3) is 5.91 Å². The standard InChI is InChI=1S/C24H22FN5O2/c25-21-16-28-22(15-17-1-7-20(8-2-17)30-11-13-32-14-12-30)29-23(21)18-3-5-19(6-4-18)24(31)27-10-9-26/h1-8,16H,10-15H2,(H,27,31). The van der Waals surface area contributed by atoms with Crippen molar-refractivity contribution >= 4 is 11.6 Å². The summed E-state index contributed by atoms with van der Waals surface area (Å²) in [5.41, 5.74) is 3.30. The molecule has 0 bridgehead atoms. The van der Waals surface area contributed by atoms with Crippen molar-refractivity contribution in [2.45, 2.75) is 6.42 Å². The molecule has 162 valence electrons. The molecular weight excluding hydrogens is 409 g/mol. The summed E-state index contributed by atoms with van der Waals surface area (Å²) in [5.74, 6) is -0.378. The molecule has 0 aliphatic carbocycles. The number of carbonyl (C=O) groups is 1. The molecule has 1 aliphatic rings. The summed E-state index contributed by atoms with van der Waals surface area (Å²) < 4.78 is 19.8. The van der Waals surface area contributed by atoms with Gasteiger partial charge in [-0.3, -0.25) is 4.79 Å². The van der Waals surface area contributed by atoms with Crippen molar-refractivity contribution in [3.8, 4) is 17.3 Å². The lowest BCUT2D eigenvalue weighted by atomic mass is 10.1. The number of halogens is 1. The number of hydrogen-bond donors (Lipinski definition) is 1. The predicted octanol–water partition coefficient (Wildman–Crippen LogP) is 2.96. The summed E-state index contributed by atoms with van der Waals surface area (Å²) in [4.78, 5) is 22.8. The van der Waals surface area contributed by atoms with Gasteiger partial charge in [0.2, 0.25) is 0 Å². The predicted molar refractivity (Wildman–Crippen MR) is 118 cm³/mol. The lowest BCUT2D eigenvalue weighted by Gasteiger charge is -2.28. The fourth-order valence-corrected chi connectivity index (χ4v) is 3.52. The Balaban J connectivity index is 1.48. The van der Waals surface area contributed by atoms with Crippen molar-refractivity contribution in [2.75, 3.05) is 37.7 Å². The van der Waals surface area contributed by atoms with Crippen molar-refractivity contribution in [1.82, 2.24) is 15.3 Å². The normalized spacial score (nSPS) is 13.4. The van der Waals surface area contributed by atoms with Gasteiger partial charge in [-0.25, -0.2) is 14.4 Å². The van der Waals surface area contributed by atoms with Gasteiger partial charge in [0.15, 0.2) is 5.82 Å². The van der Waals surface area contributed by atoms with Gasteiger partial charge in [-0.15, -0.1) is 0 Å². The molecule has 1 amide bonds. The maximum atomic E-state index is 14.4. The van der Waals surface area contributed by atoms with Crippen molar-refractivity contribution in [1.29, 1.82) is 5.26 Å². The SMILES string of the molecule is N#CCNC(=O)c1ccc(-c2nc(Cc3ccc(N4CCOCC4)cc3)ncc2F)cc1. The Bertz CT molecular complexity index is 1120. The summed E-state index contributed by atoms with van der Waals surface area (Å²) in [6.45, 7) is 3.15. The molecule has 3 aromatic rings. The van der Waals surface area contributed by atoms with E-state index in [4.69, 9.17) is 10.00 Å². The van der Waals surface area contributed by atoms with E-state index < -0.39 is 5.82 Å². The van der Waals surface area contributed by atoms with E-state index in [2.05, 4.69) is 32.3 Å². The average Bonchev–Trinajstić information content (AvgIpc) is 2.85. The zero-order chi connectivity index (χ0) is 22.3. The zero-order valence-electron chi connectivity index (χ0n) is 17.4. The summed E-state index contributed by atoms with van der Waals surface area (Å²) in [7, 11) is 0. The van der Waals surface area contributed by atoms with Crippen LogP contribution in [0.15, 0.2) is 54.7 Å². The molecule has 0 radical (unpaired) electrons. The van der Waals surface area contributed by atoms with Gasteiger partial charge in [0, 0.05) is 36.3 Å². The minimum Gasteiger partial charge on any atom is -0.378 e. The van der Waals surface area contributed by atoms with Crippen LogP contribution in [0, 0.1) is 17.1 Å². The van der Waals surface area contributed by atoms with Crippen LogP contribution in [-0.2, 0) is 11.2 Å². The number of amides is 1. The Morgan fingerprint density at radius 3 is 2.53 bits per heavy atom. The van der Waals surface area contributed by atoms with Crippen molar-refractivity contribution in [2.24, 2.45) is 0 Å². The maximum absolute atomic E-state index is 14.4. The average molecular weight is 431 g/mol. The number of ether oxygens (including phenoxy) is 1. The monoisotopic (exact) mass is 431 g/mol. The summed E-state index contributed by atoms with van der Waals surface area (Å²) in [5, 5.41) is 11.0. The third-order valence-corrected chi connectivity index (χ3v) is 5.22. The summed E-state index contributed by atoms with van der Waals surface area (Å²) >= 11 is 0. The highest BCUT2D eigenvalue weighted by Crippen LogP contribution is 2.22. The van der Waals surface area contributed by atoms with Crippen molar-refractivity contribution < 1.29 is 13.9 Å². The minimum absolute atomic E-state index is 0.0715. The number of benzene rings is 2. The number of aromatic nitrogens is 2. The first kappa shape index (κ1) is 21.4. The van der Waals surface area contributed by atoms with Crippen LogP contribution < -0.4 is 10.2 Å². The first-order valence-corrected chi connectivity index (χ1v) is 10.3. The third-order valence-electron chi connectivity index (χ3n) is 5.22. The molecule has 32 heavy (non-hydrogen) atoms. The highest BCUT2D eigenvalue weighted by molar-refractivity contribution is 5.94. The van der Waals surface area contributed by atoms with E-state index in [0.717, 1.165) is 37.6 Å². The van der Waals surface area contributed by atoms with E-state index in [1.807, 2.05) is 18.2 Å². The molecule has 7 nitrogen and oxygen atoms in total. The Hall–Kier alpha value is -3.83. The zero-order valence-corrected chi connectivity index (χ0v) is 17.4. The molecule has 1 aliphatic heterocycles. The van der Waals surface area contributed by atoms with Gasteiger partial charge in [-0.1, -0.05) is 24.3 Å². The maximum Gasteiger partial charge on any atom is 0.252 e. The largest absolute Gasteiger partial charge is 0.378 e. The minimum atomic E-state index is -0.530. The van der Waals surface area contributed by atoms with Gasteiger partial charge in [-0.2, -0.15) is 5.26 Å². The molecule has 1 fully saturated rings. The molecule has 0 spiro atoms. The van der Waals surface area contributed by atoms with Gasteiger partial charge >= 0.3 is 0 Å². The number of nitrogens with one attached hydrogen (secondary N) is 1. The molecule has 0 unspecified atom stereocenters. The number of morpholine rings is 1. The van der Waals surface area contributed by atoms with Crippen molar-refractivity contribution in [3.05, 3.63) is 77.5 Å². The van der Waals surface area contributed by atoms with Crippen LogP contribution in [0.2, 0.25) is 0 Å². The summed E-state index contributed by atoms with van der Waals surface area (Å²) in [6.07, 6.45) is 1.65. The molecule has 1 N–H and O–H groups in total. The van der Waals surface area contributed by atoms with Crippen LogP contribution in [0.3, 0.4) is 0 Å². The Labute approximate surface area is 185 Å². The highest BCUT2D eigenvalue weighted by atomic mass is 19.1. The van der Waals surface area contributed by atoms with Gasteiger partial charge in [0.05, 0.1) is 25.5 Å². The first-order valence-electron chi connectivity index (χ1n) is 10.3. The number of hydrogen-bond acceptors (Lipinski definition) is 6. The second kappa shape index (κ2) is 9.98. The van der Waals surface area contributed by atoms with Crippen LogP contribution >= 0.6 is 0 Å².